The van der Waals surface area contributed by atoms with Gasteiger partial charge in [0.15, 0.2) is 11.0 Å². The van der Waals surface area contributed by atoms with Crippen LogP contribution in [0.3, 0.4) is 0 Å². The fraction of sp³-hybridized carbons (Fsp3) is 0.500. The van der Waals surface area contributed by atoms with Crippen LogP contribution in [0.15, 0.2) is 29.4 Å². The maximum atomic E-state index is 14.0. The van der Waals surface area contributed by atoms with Gasteiger partial charge in [-0.15, -0.1) is 10.2 Å². The number of rotatable bonds is 6. The lowest BCUT2D eigenvalue weighted by Crippen LogP contribution is -2.09. The van der Waals surface area contributed by atoms with Crippen molar-refractivity contribution >= 4 is 11.8 Å². The molecule has 0 atom stereocenters. The molecule has 3 nitrogen and oxygen atoms in total. The van der Waals surface area contributed by atoms with Gasteiger partial charge >= 0.3 is 0 Å². The van der Waals surface area contributed by atoms with E-state index in [0.717, 1.165) is 17.5 Å². The molecule has 0 fully saturated rings. The van der Waals surface area contributed by atoms with E-state index in [-0.39, 0.29) is 5.82 Å². The Hall–Kier alpha value is -1.36. The van der Waals surface area contributed by atoms with E-state index in [2.05, 4.69) is 37.9 Å². The van der Waals surface area contributed by atoms with Crippen molar-refractivity contribution in [3.63, 3.8) is 0 Å². The van der Waals surface area contributed by atoms with E-state index >= 15 is 0 Å². The molecule has 0 saturated heterocycles. The lowest BCUT2D eigenvalue weighted by atomic mass is 10.2. The fourth-order valence-corrected chi connectivity index (χ4v) is 2.91. The summed E-state index contributed by atoms with van der Waals surface area (Å²) in [6.45, 7) is 9.42. The van der Waals surface area contributed by atoms with Gasteiger partial charge in [0.25, 0.3) is 0 Å². The molecule has 0 unspecified atom stereocenters. The van der Waals surface area contributed by atoms with E-state index in [0.29, 0.717) is 23.2 Å². The Balaban J connectivity index is 2.39. The largest absolute Gasteiger partial charge is 0.302 e. The van der Waals surface area contributed by atoms with Crippen molar-refractivity contribution in [2.75, 3.05) is 5.75 Å². The SMILES string of the molecule is CC(C)CSc1nnc(-c2ccccc2F)n1CC(C)C. The molecule has 0 amide bonds. The quantitative estimate of drug-likeness (QED) is 0.737. The van der Waals surface area contributed by atoms with Crippen LogP contribution < -0.4 is 0 Å². The third-order valence-corrected chi connectivity index (χ3v) is 4.32. The number of aromatic nitrogens is 3. The van der Waals surface area contributed by atoms with Crippen LogP contribution in [0.5, 0.6) is 0 Å². The smallest absolute Gasteiger partial charge is 0.191 e. The molecular weight excluding hydrogens is 285 g/mol. The summed E-state index contributed by atoms with van der Waals surface area (Å²) in [6, 6.07) is 6.74. The summed E-state index contributed by atoms with van der Waals surface area (Å²) in [7, 11) is 0. The number of hydrogen-bond acceptors (Lipinski definition) is 3. The number of hydrogen-bond donors (Lipinski definition) is 0. The first-order valence-electron chi connectivity index (χ1n) is 7.30. The van der Waals surface area contributed by atoms with Crippen molar-refractivity contribution in [3.8, 4) is 11.4 Å². The lowest BCUT2D eigenvalue weighted by molar-refractivity contribution is 0.496. The second-order valence-corrected chi connectivity index (χ2v) is 6.98. The highest BCUT2D eigenvalue weighted by molar-refractivity contribution is 7.99. The van der Waals surface area contributed by atoms with Gasteiger partial charge in [0.1, 0.15) is 5.82 Å². The van der Waals surface area contributed by atoms with Crippen LogP contribution in [0.1, 0.15) is 27.7 Å². The molecule has 1 aromatic heterocycles. The zero-order chi connectivity index (χ0) is 15.4. The first-order chi connectivity index (χ1) is 9.99. The predicted molar refractivity (Wildman–Crippen MR) is 85.8 cm³/mol. The molecule has 0 bridgehead atoms. The molecular formula is C16H22FN3S. The molecule has 2 aromatic rings. The highest BCUT2D eigenvalue weighted by atomic mass is 32.2. The second kappa shape index (κ2) is 7.07. The zero-order valence-corrected chi connectivity index (χ0v) is 13.8. The van der Waals surface area contributed by atoms with E-state index < -0.39 is 0 Å². The van der Waals surface area contributed by atoms with Crippen molar-refractivity contribution in [1.29, 1.82) is 0 Å². The Kier molecular flexibility index (Phi) is 5.39. The van der Waals surface area contributed by atoms with Crippen LogP contribution >= 0.6 is 11.8 Å². The topological polar surface area (TPSA) is 30.7 Å². The maximum Gasteiger partial charge on any atom is 0.191 e. The lowest BCUT2D eigenvalue weighted by Gasteiger charge is -2.13. The van der Waals surface area contributed by atoms with Gasteiger partial charge in [-0.2, -0.15) is 0 Å². The molecule has 0 saturated carbocycles. The number of nitrogens with zero attached hydrogens (tertiary/aromatic N) is 3. The minimum atomic E-state index is -0.254. The normalized spacial score (nSPS) is 11.6. The van der Waals surface area contributed by atoms with Gasteiger partial charge in [-0.25, -0.2) is 4.39 Å². The minimum absolute atomic E-state index is 0.254. The Labute approximate surface area is 130 Å². The van der Waals surface area contributed by atoms with Gasteiger partial charge in [0.2, 0.25) is 0 Å². The molecule has 0 aliphatic heterocycles. The molecule has 0 spiro atoms. The summed E-state index contributed by atoms with van der Waals surface area (Å²) >= 11 is 1.69. The summed E-state index contributed by atoms with van der Waals surface area (Å²) in [6.07, 6.45) is 0. The molecule has 0 aliphatic rings. The van der Waals surface area contributed by atoms with Crippen LogP contribution in [0.2, 0.25) is 0 Å². The van der Waals surface area contributed by atoms with Crippen LogP contribution in [-0.4, -0.2) is 20.5 Å². The highest BCUT2D eigenvalue weighted by Gasteiger charge is 2.17. The fourth-order valence-electron chi connectivity index (χ4n) is 2.01. The predicted octanol–water partition coefficient (Wildman–Crippen LogP) is 4.49. The van der Waals surface area contributed by atoms with E-state index in [4.69, 9.17) is 0 Å². The average Bonchev–Trinajstić information content (AvgIpc) is 2.79. The summed E-state index contributed by atoms with van der Waals surface area (Å²) < 4.78 is 16.1. The van der Waals surface area contributed by atoms with Gasteiger partial charge in [0, 0.05) is 12.3 Å². The molecule has 5 heteroatoms. The highest BCUT2D eigenvalue weighted by Crippen LogP contribution is 2.27. The maximum absolute atomic E-state index is 14.0. The molecule has 0 N–H and O–H groups in total. The van der Waals surface area contributed by atoms with Crippen LogP contribution in [-0.2, 0) is 6.54 Å². The summed E-state index contributed by atoms with van der Waals surface area (Å²) in [5, 5.41) is 9.37. The van der Waals surface area contributed by atoms with E-state index in [1.807, 2.05) is 10.6 Å². The van der Waals surface area contributed by atoms with E-state index in [9.17, 15) is 4.39 Å². The van der Waals surface area contributed by atoms with E-state index in [1.165, 1.54) is 6.07 Å². The Morgan fingerprint density at radius 3 is 2.43 bits per heavy atom. The number of benzene rings is 1. The van der Waals surface area contributed by atoms with Gasteiger partial charge in [-0.05, 0) is 24.0 Å². The van der Waals surface area contributed by atoms with Gasteiger partial charge < -0.3 is 4.57 Å². The molecule has 0 aliphatic carbocycles. The molecule has 1 aromatic carbocycles. The summed E-state index contributed by atoms with van der Waals surface area (Å²) in [5.74, 6) is 2.37. The summed E-state index contributed by atoms with van der Waals surface area (Å²) in [5.41, 5.74) is 0.516. The van der Waals surface area contributed by atoms with Crippen molar-refractivity contribution < 1.29 is 4.39 Å². The minimum Gasteiger partial charge on any atom is -0.302 e. The van der Waals surface area contributed by atoms with Crippen LogP contribution in [0.25, 0.3) is 11.4 Å². The molecule has 114 valence electrons. The van der Waals surface area contributed by atoms with E-state index in [1.54, 1.807) is 23.9 Å². The summed E-state index contributed by atoms with van der Waals surface area (Å²) in [4.78, 5) is 0. The van der Waals surface area contributed by atoms with Crippen molar-refractivity contribution in [2.24, 2.45) is 11.8 Å². The Bertz CT molecular complexity index is 593. The van der Waals surface area contributed by atoms with Crippen molar-refractivity contribution in [2.45, 2.75) is 39.4 Å². The Morgan fingerprint density at radius 1 is 1.10 bits per heavy atom. The molecule has 2 rings (SSSR count). The average molecular weight is 307 g/mol. The molecule has 1 heterocycles. The third kappa shape index (κ3) is 4.06. The first-order valence-corrected chi connectivity index (χ1v) is 8.28. The number of thioether (sulfide) groups is 1. The molecule has 21 heavy (non-hydrogen) atoms. The second-order valence-electron chi connectivity index (χ2n) is 6.00. The monoisotopic (exact) mass is 307 g/mol. The van der Waals surface area contributed by atoms with Crippen LogP contribution in [0.4, 0.5) is 4.39 Å². The van der Waals surface area contributed by atoms with Crippen molar-refractivity contribution in [3.05, 3.63) is 30.1 Å². The Morgan fingerprint density at radius 2 is 1.81 bits per heavy atom. The van der Waals surface area contributed by atoms with Gasteiger partial charge in [-0.3, -0.25) is 0 Å². The zero-order valence-electron chi connectivity index (χ0n) is 13.0. The third-order valence-electron chi connectivity index (χ3n) is 2.93. The standard InChI is InChI=1S/C16H22FN3S/c1-11(2)9-20-15(13-7-5-6-8-14(13)17)18-19-16(20)21-10-12(3)4/h5-8,11-12H,9-10H2,1-4H3. The number of halogens is 1. The first kappa shape index (κ1) is 16.0. The van der Waals surface area contributed by atoms with Gasteiger partial charge in [-0.1, -0.05) is 51.6 Å². The van der Waals surface area contributed by atoms with Gasteiger partial charge in [0.05, 0.1) is 5.56 Å². The van der Waals surface area contributed by atoms with Crippen LogP contribution in [0, 0.1) is 17.7 Å². The van der Waals surface area contributed by atoms with Crippen molar-refractivity contribution in [1.82, 2.24) is 14.8 Å². The molecule has 0 radical (unpaired) electrons.